The first-order chi connectivity index (χ1) is 16.1. The number of thiazole rings is 1. The molecule has 8 heteroatoms. The van der Waals surface area contributed by atoms with E-state index in [4.69, 9.17) is 9.47 Å². The molecular weight excluding hydrogens is 436 g/mol. The van der Waals surface area contributed by atoms with Gasteiger partial charge < -0.3 is 14.4 Å². The molecule has 2 aromatic heterocycles. The Balaban J connectivity index is 1.44. The van der Waals surface area contributed by atoms with Crippen molar-refractivity contribution in [3.8, 4) is 16.9 Å². The van der Waals surface area contributed by atoms with E-state index in [-0.39, 0.29) is 5.91 Å². The number of carbonyl (C=O) groups is 1. The van der Waals surface area contributed by atoms with Gasteiger partial charge in [-0.2, -0.15) is 0 Å². The van der Waals surface area contributed by atoms with E-state index >= 15 is 0 Å². The molecular formula is C25H24N4O3S. The summed E-state index contributed by atoms with van der Waals surface area (Å²) in [6, 6.07) is 15.8. The average molecular weight is 461 g/mol. The van der Waals surface area contributed by atoms with E-state index < -0.39 is 0 Å². The highest BCUT2D eigenvalue weighted by Crippen LogP contribution is 2.34. The smallest absolute Gasteiger partial charge is 0.259 e. The Labute approximate surface area is 196 Å². The number of rotatable bonds is 5. The molecule has 0 spiro atoms. The molecule has 33 heavy (non-hydrogen) atoms. The van der Waals surface area contributed by atoms with Crippen molar-refractivity contribution >= 4 is 38.3 Å². The van der Waals surface area contributed by atoms with Gasteiger partial charge >= 0.3 is 0 Å². The first-order valence-corrected chi connectivity index (χ1v) is 11.6. The number of fused-ring (bicyclic) bond motifs is 1. The van der Waals surface area contributed by atoms with Crippen LogP contribution >= 0.6 is 11.3 Å². The van der Waals surface area contributed by atoms with Crippen LogP contribution in [-0.4, -0.2) is 49.3 Å². The number of hydrogen-bond donors (Lipinski definition) is 1. The van der Waals surface area contributed by atoms with Crippen LogP contribution in [0.15, 0.2) is 54.7 Å². The lowest BCUT2D eigenvalue weighted by atomic mass is 9.99. The molecule has 1 N–H and O–H groups in total. The second-order valence-electron chi connectivity index (χ2n) is 7.80. The maximum absolute atomic E-state index is 13.3. The van der Waals surface area contributed by atoms with Gasteiger partial charge in [0.15, 0.2) is 5.13 Å². The number of aryl methyl sites for hydroxylation is 1. The number of nitrogens with zero attached hydrogens (tertiary/aromatic N) is 3. The van der Waals surface area contributed by atoms with E-state index in [1.165, 1.54) is 11.3 Å². The van der Waals surface area contributed by atoms with E-state index in [9.17, 15) is 4.79 Å². The molecule has 0 bridgehead atoms. The second kappa shape index (κ2) is 9.17. The lowest BCUT2D eigenvalue weighted by Gasteiger charge is -2.28. The molecule has 1 aliphatic rings. The molecule has 2 aromatic carbocycles. The highest BCUT2D eigenvalue weighted by Gasteiger charge is 2.19. The summed E-state index contributed by atoms with van der Waals surface area (Å²) in [6.45, 7) is 5.13. The molecule has 1 fully saturated rings. The molecule has 1 aliphatic heterocycles. The Bertz CT molecular complexity index is 1310. The highest BCUT2D eigenvalue weighted by atomic mass is 32.1. The Kier molecular flexibility index (Phi) is 5.93. The van der Waals surface area contributed by atoms with Crippen LogP contribution in [-0.2, 0) is 4.74 Å². The number of pyridine rings is 1. The lowest BCUT2D eigenvalue weighted by Crippen LogP contribution is -2.36. The molecule has 0 aliphatic carbocycles. The van der Waals surface area contributed by atoms with Crippen LogP contribution in [0.5, 0.6) is 5.75 Å². The van der Waals surface area contributed by atoms with Gasteiger partial charge in [-0.05, 0) is 37.3 Å². The second-order valence-corrected chi connectivity index (χ2v) is 8.83. The van der Waals surface area contributed by atoms with Crippen molar-refractivity contribution in [2.45, 2.75) is 6.92 Å². The number of benzene rings is 2. The fraction of sp³-hybridized carbons (Fsp3) is 0.240. The van der Waals surface area contributed by atoms with E-state index in [1.807, 2.05) is 43.3 Å². The van der Waals surface area contributed by atoms with Crippen LogP contribution in [0.25, 0.3) is 21.3 Å². The molecule has 0 unspecified atom stereocenters. The van der Waals surface area contributed by atoms with Crippen LogP contribution < -0.4 is 15.0 Å². The zero-order valence-corrected chi connectivity index (χ0v) is 19.3. The number of ether oxygens (including phenoxy) is 2. The first-order valence-electron chi connectivity index (χ1n) is 10.8. The average Bonchev–Trinajstić information content (AvgIpc) is 3.25. The summed E-state index contributed by atoms with van der Waals surface area (Å²) in [5.41, 5.74) is 4.91. The van der Waals surface area contributed by atoms with Crippen molar-refractivity contribution < 1.29 is 14.3 Å². The van der Waals surface area contributed by atoms with Crippen molar-refractivity contribution in [2.24, 2.45) is 0 Å². The topological polar surface area (TPSA) is 76.6 Å². The van der Waals surface area contributed by atoms with Gasteiger partial charge in [0, 0.05) is 41.8 Å². The minimum atomic E-state index is -0.254. The zero-order valence-electron chi connectivity index (χ0n) is 18.5. The van der Waals surface area contributed by atoms with Gasteiger partial charge in [0.2, 0.25) is 0 Å². The number of methoxy groups -OCH3 is 1. The third-order valence-corrected chi connectivity index (χ3v) is 6.58. The van der Waals surface area contributed by atoms with Crippen molar-refractivity contribution in [2.75, 3.05) is 43.6 Å². The first kappa shape index (κ1) is 21.4. The summed E-state index contributed by atoms with van der Waals surface area (Å²) >= 11 is 1.46. The monoisotopic (exact) mass is 460 g/mol. The summed E-state index contributed by atoms with van der Waals surface area (Å²) in [6.07, 6.45) is 1.61. The molecule has 1 amide bonds. The number of hydrogen-bond acceptors (Lipinski definition) is 7. The van der Waals surface area contributed by atoms with Gasteiger partial charge in [-0.3, -0.25) is 15.1 Å². The largest absolute Gasteiger partial charge is 0.496 e. The number of para-hydroxylation sites is 1. The van der Waals surface area contributed by atoms with Gasteiger partial charge in [-0.1, -0.05) is 29.5 Å². The summed E-state index contributed by atoms with van der Waals surface area (Å²) in [5, 5.41) is 3.52. The molecule has 0 saturated carbocycles. The molecule has 5 rings (SSSR count). The maximum atomic E-state index is 13.3. The van der Waals surface area contributed by atoms with Crippen molar-refractivity contribution in [3.63, 3.8) is 0 Å². The molecule has 0 atom stereocenters. The fourth-order valence-corrected chi connectivity index (χ4v) is 4.87. The number of aromatic nitrogens is 2. The van der Waals surface area contributed by atoms with E-state index in [0.29, 0.717) is 16.4 Å². The van der Waals surface area contributed by atoms with Gasteiger partial charge in [0.25, 0.3) is 5.91 Å². The Hall–Kier alpha value is -3.49. The zero-order chi connectivity index (χ0) is 22.8. The summed E-state index contributed by atoms with van der Waals surface area (Å²) < 4.78 is 12.0. The minimum Gasteiger partial charge on any atom is -0.496 e. The predicted octanol–water partition coefficient (Wildman–Crippen LogP) is 4.76. The van der Waals surface area contributed by atoms with Gasteiger partial charge in [-0.25, -0.2) is 4.98 Å². The van der Waals surface area contributed by atoms with Gasteiger partial charge in [-0.15, -0.1) is 0 Å². The number of carbonyl (C=O) groups excluding carboxylic acids is 1. The molecule has 0 radical (unpaired) electrons. The van der Waals surface area contributed by atoms with Crippen LogP contribution in [0.4, 0.5) is 10.8 Å². The van der Waals surface area contributed by atoms with Crippen molar-refractivity contribution in [3.05, 3.63) is 66.0 Å². The third-order valence-electron chi connectivity index (χ3n) is 5.65. The maximum Gasteiger partial charge on any atom is 0.259 e. The van der Waals surface area contributed by atoms with E-state index in [2.05, 4.69) is 32.3 Å². The predicted molar refractivity (Wildman–Crippen MR) is 132 cm³/mol. The van der Waals surface area contributed by atoms with Crippen molar-refractivity contribution in [1.29, 1.82) is 0 Å². The number of nitrogens with one attached hydrogen (secondary N) is 1. The number of amides is 1. The Morgan fingerprint density at radius 2 is 1.94 bits per heavy atom. The molecule has 3 heterocycles. The van der Waals surface area contributed by atoms with Gasteiger partial charge in [0.05, 0.1) is 36.1 Å². The fourth-order valence-electron chi connectivity index (χ4n) is 3.98. The SMILES string of the molecule is COc1ccccc1-c1cc(C)ncc1C(=O)Nc1nc2ccc(N3CCOCC3)cc2s1. The lowest BCUT2D eigenvalue weighted by molar-refractivity contribution is 0.102. The summed E-state index contributed by atoms with van der Waals surface area (Å²) in [5.74, 6) is 0.448. The van der Waals surface area contributed by atoms with E-state index in [0.717, 1.165) is 59.0 Å². The summed E-state index contributed by atoms with van der Waals surface area (Å²) in [7, 11) is 1.62. The number of anilines is 2. The van der Waals surface area contributed by atoms with Crippen molar-refractivity contribution in [1.82, 2.24) is 9.97 Å². The van der Waals surface area contributed by atoms with Crippen LogP contribution in [0.2, 0.25) is 0 Å². The molecule has 7 nitrogen and oxygen atoms in total. The molecule has 168 valence electrons. The number of morpholine rings is 1. The molecule has 4 aromatic rings. The summed E-state index contributed by atoms with van der Waals surface area (Å²) in [4.78, 5) is 24.5. The Morgan fingerprint density at radius 3 is 2.76 bits per heavy atom. The highest BCUT2D eigenvalue weighted by molar-refractivity contribution is 7.22. The Morgan fingerprint density at radius 1 is 1.12 bits per heavy atom. The van der Waals surface area contributed by atoms with E-state index in [1.54, 1.807) is 13.3 Å². The van der Waals surface area contributed by atoms with Crippen LogP contribution in [0.1, 0.15) is 16.1 Å². The minimum absolute atomic E-state index is 0.254. The van der Waals surface area contributed by atoms with Crippen LogP contribution in [0, 0.1) is 6.92 Å². The van der Waals surface area contributed by atoms with Crippen LogP contribution in [0.3, 0.4) is 0 Å². The standard InChI is InChI=1S/C25H24N4O3S/c1-16-13-19(18-5-3-4-6-22(18)31-2)20(15-26-16)24(30)28-25-27-21-8-7-17(14-23(21)33-25)29-9-11-32-12-10-29/h3-8,13-15H,9-12H2,1-2H3,(H,27,28,30). The van der Waals surface area contributed by atoms with Gasteiger partial charge in [0.1, 0.15) is 5.75 Å². The normalized spacial score (nSPS) is 13.8. The third kappa shape index (κ3) is 4.40. The quantitative estimate of drug-likeness (QED) is 0.463. The molecule has 1 saturated heterocycles.